The van der Waals surface area contributed by atoms with Gasteiger partial charge >= 0.3 is 0 Å². The second-order valence-electron chi connectivity index (χ2n) is 3.94. The Balaban J connectivity index is 2.25. The average molecular weight is 213 g/mol. The van der Waals surface area contributed by atoms with Crippen LogP contribution in [0.1, 0.15) is 25.8 Å². The van der Waals surface area contributed by atoms with Crippen molar-refractivity contribution in [3.8, 4) is 0 Å². The van der Waals surface area contributed by atoms with Crippen LogP contribution >= 0.6 is 0 Å². The Morgan fingerprint density at radius 2 is 2.40 bits per heavy atom. The zero-order valence-corrected chi connectivity index (χ0v) is 9.54. The number of hydrogen-bond donors (Lipinski definition) is 1. The Labute approximate surface area is 90.7 Å². The van der Waals surface area contributed by atoms with Gasteiger partial charge in [-0.2, -0.15) is 5.10 Å². The van der Waals surface area contributed by atoms with Crippen LogP contribution in [-0.4, -0.2) is 23.0 Å². The van der Waals surface area contributed by atoms with Crippen LogP contribution in [0.3, 0.4) is 0 Å². The normalized spacial score (nSPS) is 13.0. The second-order valence-corrected chi connectivity index (χ2v) is 3.94. The molecule has 1 unspecified atom stereocenters. The number of aryl methyl sites for hydroxylation is 1. The molecule has 1 atom stereocenters. The zero-order valence-electron chi connectivity index (χ0n) is 9.54. The lowest BCUT2D eigenvalue weighted by Crippen LogP contribution is -2.19. The van der Waals surface area contributed by atoms with E-state index >= 15 is 0 Å². The third-order valence-corrected chi connectivity index (χ3v) is 2.52. The molecule has 0 spiro atoms. The first-order valence-corrected chi connectivity index (χ1v) is 5.54. The molecule has 3 nitrogen and oxygen atoms in total. The lowest BCUT2D eigenvalue weighted by atomic mass is 10.1. The number of nitrogens with one attached hydrogen (secondary N) is 1. The molecule has 86 valence electrons. The van der Waals surface area contributed by atoms with Gasteiger partial charge in [0.25, 0.3) is 0 Å². The van der Waals surface area contributed by atoms with E-state index in [0.29, 0.717) is 12.5 Å². The van der Waals surface area contributed by atoms with Crippen molar-refractivity contribution in [1.82, 2.24) is 15.1 Å². The summed E-state index contributed by atoms with van der Waals surface area (Å²) >= 11 is 0. The van der Waals surface area contributed by atoms with Crippen LogP contribution < -0.4 is 5.32 Å². The van der Waals surface area contributed by atoms with Gasteiger partial charge in [-0.1, -0.05) is 20.3 Å². The van der Waals surface area contributed by atoms with E-state index in [2.05, 4.69) is 24.3 Å². The number of halogens is 1. The maximum atomic E-state index is 12.0. The van der Waals surface area contributed by atoms with Gasteiger partial charge in [0.1, 0.15) is 6.67 Å². The highest BCUT2D eigenvalue weighted by molar-refractivity contribution is 5.03. The minimum atomic E-state index is -0.360. The Kier molecular flexibility index (Phi) is 5.32. The molecule has 0 radical (unpaired) electrons. The molecule has 0 bridgehead atoms. The van der Waals surface area contributed by atoms with E-state index in [1.165, 1.54) is 6.42 Å². The van der Waals surface area contributed by atoms with Crippen molar-refractivity contribution in [1.29, 1.82) is 0 Å². The molecule has 4 heteroatoms. The molecular formula is C11H20FN3. The van der Waals surface area contributed by atoms with Gasteiger partial charge in [0, 0.05) is 18.3 Å². The van der Waals surface area contributed by atoms with E-state index in [1.54, 1.807) is 10.9 Å². The van der Waals surface area contributed by atoms with Crippen LogP contribution in [0.5, 0.6) is 0 Å². The molecular weight excluding hydrogens is 193 g/mol. The van der Waals surface area contributed by atoms with Crippen LogP contribution in [0.15, 0.2) is 12.4 Å². The molecule has 0 aliphatic heterocycles. The third kappa shape index (κ3) is 4.42. The summed E-state index contributed by atoms with van der Waals surface area (Å²) in [6.07, 6.45) is 4.87. The summed E-state index contributed by atoms with van der Waals surface area (Å²) in [5.41, 5.74) is 1.12. The van der Waals surface area contributed by atoms with Crippen molar-refractivity contribution in [2.45, 2.75) is 33.4 Å². The van der Waals surface area contributed by atoms with Gasteiger partial charge in [0.05, 0.1) is 12.7 Å². The number of nitrogens with zero attached hydrogens (tertiary/aromatic N) is 2. The van der Waals surface area contributed by atoms with Crippen LogP contribution in [0.4, 0.5) is 4.39 Å². The monoisotopic (exact) mass is 213 g/mol. The predicted molar refractivity (Wildman–Crippen MR) is 59.4 cm³/mol. The summed E-state index contributed by atoms with van der Waals surface area (Å²) in [6.45, 7) is 6.24. The lowest BCUT2D eigenvalue weighted by molar-refractivity contribution is 0.427. The molecule has 15 heavy (non-hydrogen) atoms. The van der Waals surface area contributed by atoms with E-state index in [-0.39, 0.29) is 6.67 Å². The number of aromatic nitrogens is 2. The fourth-order valence-corrected chi connectivity index (χ4v) is 1.31. The number of alkyl halides is 1. The zero-order chi connectivity index (χ0) is 11.1. The highest BCUT2D eigenvalue weighted by Gasteiger charge is 2.00. The second kappa shape index (κ2) is 6.56. The third-order valence-electron chi connectivity index (χ3n) is 2.52. The molecule has 0 amide bonds. The molecule has 1 aromatic heterocycles. The van der Waals surface area contributed by atoms with Gasteiger partial charge in [0.15, 0.2) is 0 Å². The topological polar surface area (TPSA) is 29.9 Å². The van der Waals surface area contributed by atoms with Crippen molar-refractivity contribution in [3.63, 3.8) is 0 Å². The lowest BCUT2D eigenvalue weighted by Gasteiger charge is -2.08. The smallest absolute Gasteiger partial charge is 0.109 e. The summed E-state index contributed by atoms with van der Waals surface area (Å²) < 4.78 is 13.7. The maximum Gasteiger partial charge on any atom is 0.109 e. The largest absolute Gasteiger partial charge is 0.312 e. The van der Waals surface area contributed by atoms with E-state index in [4.69, 9.17) is 0 Å². The highest BCUT2D eigenvalue weighted by Crippen LogP contribution is 2.00. The van der Waals surface area contributed by atoms with E-state index in [9.17, 15) is 4.39 Å². The van der Waals surface area contributed by atoms with Gasteiger partial charge in [-0.05, 0) is 12.5 Å². The maximum absolute atomic E-state index is 12.0. The van der Waals surface area contributed by atoms with Gasteiger partial charge in [-0.3, -0.25) is 4.68 Å². The van der Waals surface area contributed by atoms with E-state index < -0.39 is 0 Å². The molecule has 0 saturated heterocycles. The molecule has 0 saturated carbocycles. The van der Waals surface area contributed by atoms with E-state index in [1.807, 2.05) is 6.20 Å². The summed E-state index contributed by atoms with van der Waals surface area (Å²) in [7, 11) is 0. The minimum absolute atomic E-state index is 0.353. The first kappa shape index (κ1) is 12.2. The molecule has 0 fully saturated rings. The van der Waals surface area contributed by atoms with Gasteiger partial charge < -0.3 is 5.32 Å². The van der Waals surface area contributed by atoms with Gasteiger partial charge in [-0.15, -0.1) is 0 Å². The van der Waals surface area contributed by atoms with Crippen molar-refractivity contribution in [2.75, 3.05) is 13.2 Å². The first-order chi connectivity index (χ1) is 7.26. The van der Waals surface area contributed by atoms with Crippen LogP contribution in [0.2, 0.25) is 0 Å². The Hall–Kier alpha value is -0.900. The summed E-state index contributed by atoms with van der Waals surface area (Å²) in [5.74, 6) is 0.700. The fraction of sp³-hybridized carbons (Fsp3) is 0.727. The van der Waals surface area contributed by atoms with Crippen molar-refractivity contribution in [3.05, 3.63) is 18.0 Å². The summed E-state index contributed by atoms with van der Waals surface area (Å²) in [6, 6.07) is 0. The number of hydrogen-bond acceptors (Lipinski definition) is 2. The minimum Gasteiger partial charge on any atom is -0.312 e. The Morgan fingerprint density at radius 3 is 3.07 bits per heavy atom. The van der Waals surface area contributed by atoms with Crippen LogP contribution in [0, 0.1) is 5.92 Å². The molecule has 1 heterocycles. The van der Waals surface area contributed by atoms with Crippen LogP contribution in [0.25, 0.3) is 0 Å². The van der Waals surface area contributed by atoms with Crippen molar-refractivity contribution < 1.29 is 4.39 Å². The molecule has 0 aliphatic carbocycles. The number of rotatable bonds is 7. The first-order valence-electron chi connectivity index (χ1n) is 5.54. The quantitative estimate of drug-likeness (QED) is 0.750. The average Bonchev–Trinajstić information content (AvgIpc) is 2.66. The van der Waals surface area contributed by atoms with Crippen molar-refractivity contribution >= 4 is 0 Å². The summed E-state index contributed by atoms with van der Waals surface area (Å²) in [5, 5.41) is 7.42. The Morgan fingerprint density at radius 1 is 1.60 bits per heavy atom. The standard InChI is InChI=1S/C11H20FN3/c1-3-10(2)6-13-7-11-8-14-15(9-11)5-4-12/h8-10,13H,3-7H2,1-2H3. The molecule has 1 N–H and O–H groups in total. The highest BCUT2D eigenvalue weighted by atomic mass is 19.1. The molecule has 0 aromatic carbocycles. The summed E-state index contributed by atoms with van der Waals surface area (Å²) in [4.78, 5) is 0. The van der Waals surface area contributed by atoms with E-state index in [0.717, 1.165) is 18.7 Å². The van der Waals surface area contributed by atoms with Crippen LogP contribution in [-0.2, 0) is 13.1 Å². The predicted octanol–water partition coefficient (Wildman–Crippen LogP) is 1.99. The molecule has 1 rings (SSSR count). The van der Waals surface area contributed by atoms with Gasteiger partial charge in [0.2, 0.25) is 0 Å². The van der Waals surface area contributed by atoms with Crippen molar-refractivity contribution in [2.24, 2.45) is 5.92 Å². The molecule has 1 aromatic rings. The Bertz CT molecular complexity index is 273. The fourth-order valence-electron chi connectivity index (χ4n) is 1.31. The SMILES string of the molecule is CCC(C)CNCc1cnn(CCF)c1. The molecule has 0 aliphatic rings. The van der Waals surface area contributed by atoms with Gasteiger partial charge in [-0.25, -0.2) is 4.39 Å².